The van der Waals surface area contributed by atoms with Crippen molar-refractivity contribution in [3.05, 3.63) is 64.7 Å². The fourth-order valence-electron chi connectivity index (χ4n) is 2.79. The van der Waals surface area contributed by atoms with E-state index in [1.807, 2.05) is 28.8 Å². The Morgan fingerprint density at radius 2 is 2.08 bits per heavy atom. The van der Waals surface area contributed by atoms with Crippen molar-refractivity contribution in [2.24, 2.45) is 0 Å². The lowest BCUT2D eigenvalue weighted by Crippen LogP contribution is -2.27. The molecule has 2 aromatic carbocycles. The Hall–Kier alpha value is -2.60. The molecule has 7 heteroatoms. The maximum Gasteiger partial charge on any atom is 0.407 e. The third kappa shape index (κ3) is 3.96. The summed E-state index contributed by atoms with van der Waals surface area (Å²) in [5.74, 6) is 0.383. The van der Waals surface area contributed by atoms with Gasteiger partial charge in [0.15, 0.2) is 0 Å². The first kappa shape index (κ1) is 18.2. The molecule has 0 radical (unpaired) electrons. The number of aromatic nitrogens is 2. The molecule has 0 saturated carbocycles. The van der Waals surface area contributed by atoms with E-state index in [2.05, 4.69) is 10.3 Å². The van der Waals surface area contributed by atoms with Crippen LogP contribution in [0.2, 0.25) is 5.02 Å². The van der Waals surface area contributed by atoms with E-state index in [0.717, 1.165) is 16.9 Å². The van der Waals surface area contributed by atoms with Crippen molar-refractivity contribution < 1.29 is 13.9 Å². The van der Waals surface area contributed by atoms with Crippen LogP contribution >= 0.6 is 11.6 Å². The molecule has 136 valence electrons. The van der Waals surface area contributed by atoms with Crippen LogP contribution in [0, 0.1) is 5.82 Å². The van der Waals surface area contributed by atoms with Crippen molar-refractivity contribution in [1.29, 1.82) is 0 Å². The quantitative estimate of drug-likeness (QED) is 0.703. The number of rotatable bonds is 6. The summed E-state index contributed by atoms with van der Waals surface area (Å²) in [6.45, 7) is 2.70. The molecular formula is C19H19ClFN3O2. The van der Waals surface area contributed by atoms with Crippen molar-refractivity contribution in [2.75, 3.05) is 13.2 Å². The number of hydrogen-bond acceptors (Lipinski definition) is 3. The summed E-state index contributed by atoms with van der Waals surface area (Å²) in [5, 5.41) is 3.05. The van der Waals surface area contributed by atoms with E-state index in [9.17, 15) is 9.18 Å². The average molecular weight is 376 g/mol. The minimum absolute atomic E-state index is 0.265. The summed E-state index contributed by atoms with van der Waals surface area (Å²) in [6, 6.07) is 12.3. The molecule has 3 aromatic rings. The molecule has 1 heterocycles. The fraction of sp³-hybridized carbons (Fsp3) is 0.263. The zero-order valence-corrected chi connectivity index (χ0v) is 15.1. The van der Waals surface area contributed by atoms with Gasteiger partial charge in [0, 0.05) is 23.6 Å². The number of nitrogens with one attached hydrogen (secondary N) is 1. The number of para-hydroxylation sites is 2. The number of carbonyl (C=O) groups excluding carboxylic acids is 1. The summed E-state index contributed by atoms with van der Waals surface area (Å²) in [6.07, 6.45) is 0.0202. The van der Waals surface area contributed by atoms with Crippen LogP contribution in [0.15, 0.2) is 42.5 Å². The van der Waals surface area contributed by atoms with Crippen molar-refractivity contribution >= 4 is 28.7 Å². The molecule has 0 aliphatic rings. The standard InChI is InChI=1S/C19H19ClFN3O2/c1-2-26-19(25)22-11-10-18-23-16-8-3-4-9-17(16)24(18)12-13-14(20)6-5-7-15(13)21/h3-9H,2,10-12H2,1H3,(H,22,25). The van der Waals surface area contributed by atoms with E-state index in [4.69, 9.17) is 16.3 Å². The van der Waals surface area contributed by atoms with Gasteiger partial charge in [0.05, 0.1) is 24.2 Å². The number of ether oxygens (including phenoxy) is 1. The molecule has 0 fully saturated rings. The number of fused-ring (bicyclic) bond motifs is 1. The second-order valence-electron chi connectivity index (χ2n) is 5.70. The Morgan fingerprint density at radius 3 is 2.85 bits per heavy atom. The van der Waals surface area contributed by atoms with Gasteiger partial charge in [0.1, 0.15) is 11.6 Å². The van der Waals surface area contributed by atoms with Gasteiger partial charge >= 0.3 is 6.09 Å². The lowest BCUT2D eigenvalue weighted by molar-refractivity contribution is 0.152. The van der Waals surface area contributed by atoms with Gasteiger partial charge in [-0.2, -0.15) is 0 Å². The van der Waals surface area contributed by atoms with Crippen molar-refractivity contribution in [2.45, 2.75) is 19.9 Å². The minimum atomic E-state index is -0.465. The maximum absolute atomic E-state index is 14.2. The highest BCUT2D eigenvalue weighted by atomic mass is 35.5. The average Bonchev–Trinajstić information content (AvgIpc) is 2.96. The summed E-state index contributed by atoms with van der Waals surface area (Å²) in [4.78, 5) is 16.1. The molecule has 5 nitrogen and oxygen atoms in total. The van der Waals surface area contributed by atoms with E-state index in [0.29, 0.717) is 30.2 Å². The van der Waals surface area contributed by atoms with Crippen LogP contribution in [0.5, 0.6) is 0 Å². The van der Waals surface area contributed by atoms with E-state index in [-0.39, 0.29) is 12.4 Å². The number of carbonyl (C=O) groups is 1. The van der Waals surface area contributed by atoms with Crippen LogP contribution in [0.25, 0.3) is 11.0 Å². The van der Waals surface area contributed by atoms with Gasteiger partial charge in [-0.05, 0) is 31.2 Å². The van der Waals surface area contributed by atoms with Crippen LogP contribution in [0.1, 0.15) is 18.3 Å². The van der Waals surface area contributed by atoms with E-state index in [1.165, 1.54) is 6.07 Å². The SMILES string of the molecule is CCOC(=O)NCCc1nc2ccccc2n1Cc1c(F)cccc1Cl. The predicted octanol–water partition coefficient (Wildman–Crippen LogP) is 4.17. The molecule has 1 aromatic heterocycles. The number of nitrogens with zero attached hydrogens (tertiary/aromatic N) is 2. The number of hydrogen-bond donors (Lipinski definition) is 1. The van der Waals surface area contributed by atoms with E-state index < -0.39 is 6.09 Å². The number of imidazole rings is 1. The van der Waals surface area contributed by atoms with Gasteiger partial charge in [-0.25, -0.2) is 14.2 Å². The second kappa shape index (κ2) is 8.19. The Labute approximate surface area is 155 Å². The Kier molecular flexibility index (Phi) is 5.73. The fourth-order valence-corrected chi connectivity index (χ4v) is 3.02. The molecule has 0 unspecified atom stereocenters. The molecule has 1 N–H and O–H groups in total. The monoisotopic (exact) mass is 375 g/mol. The zero-order chi connectivity index (χ0) is 18.5. The number of benzene rings is 2. The van der Waals surface area contributed by atoms with Gasteiger partial charge in [0.2, 0.25) is 0 Å². The highest BCUT2D eigenvalue weighted by Gasteiger charge is 2.15. The summed E-state index contributed by atoms with van der Waals surface area (Å²) >= 11 is 6.18. The van der Waals surface area contributed by atoms with Crippen LogP contribution < -0.4 is 5.32 Å². The topological polar surface area (TPSA) is 56.1 Å². The lowest BCUT2D eigenvalue weighted by Gasteiger charge is -2.12. The smallest absolute Gasteiger partial charge is 0.407 e. The summed E-state index contributed by atoms with van der Waals surface area (Å²) in [5.41, 5.74) is 2.11. The van der Waals surface area contributed by atoms with Gasteiger partial charge in [-0.15, -0.1) is 0 Å². The number of halogens is 2. The number of amides is 1. The van der Waals surface area contributed by atoms with E-state index in [1.54, 1.807) is 19.1 Å². The molecule has 1 amide bonds. The zero-order valence-electron chi connectivity index (χ0n) is 14.3. The summed E-state index contributed by atoms with van der Waals surface area (Å²) in [7, 11) is 0. The molecule has 0 spiro atoms. The van der Waals surface area contributed by atoms with Gasteiger partial charge in [0.25, 0.3) is 0 Å². The van der Waals surface area contributed by atoms with Crippen molar-refractivity contribution in [3.8, 4) is 0 Å². The van der Waals surface area contributed by atoms with Crippen LogP contribution in [-0.4, -0.2) is 28.8 Å². The minimum Gasteiger partial charge on any atom is -0.450 e. The highest BCUT2D eigenvalue weighted by Crippen LogP contribution is 2.24. The lowest BCUT2D eigenvalue weighted by atomic mass is 10.2. The molecule has 0 aliphatic heterocycles. The van der Waals surface area contributed by atoms with Gasteiger partial charge < -0.3 is 14.6 Å². The molecule has 0 saturated heterocycles. The predicted molar refractivity (Wildman–Crippen MR) is 99.0 cm³/mol. The molecule has 26 heavy (non-hydrogen) atoms. The van der Waals surface area contributed by atoms with Gasteiger partial charge in [-0.3, -0.25) is 0 Å². The third-order valence-electron chi connectivity index (χ3n) is 4.00. The molecular weight excluding hydrogens is 357 g/mol. The Morgan fingerprint density at radius 1 is 1.27 bits per heavy atom. The van der Waals surface area contributed by atoms with Gasteiger partial charge in [-0.1, -0.05) is 29.8 Å². The molecule has 3 rings (SSSR count). The third-order valence-corrected chi connectivity index (χ3v) is 4.36. The first-order valence-electron chi connectivity index (χ1n) is 8.37. The molecule has 0 aliphatic carbocycles. The Balaban J connectivity index is 1.89. The normalized spacial score (nSPS) is 10.9. The molecule has 0 bridgehead atoms. The molecule has 0 atom stereocenters. The van der Waals surface area contributed by atoms with E-state index >= 15 is 0 Å². The Bertz CT molecular complexity index is 906. The highest BCUT2D eigenvalue weighted by molar-refractivity contribution is 6.31. The van der Waals surface area contributed by atoms with Crippen molar-refractivity contribution in [1.82, 2.24) is 14.9 Å². The van der Waals surface area contributed by atoms with Crippen LogP contribution in [0.3, 0.4) is 0 Å². The first-order valence-corrected chi connectivity index (χ1v) is 8.75. The van der Waals surface area contributed by atoms with Crippen LogP contribution in [0.4, 0.5) is 9.18 Å². The van der Waals surface area contributed by atoms with Crippen LogP contribution in [-0.2, 0) is 17.7 Å². The largest absolute Gasteiger partial charge is 0.450 e. The number of alkyl carbamates (subject to hydrolysis) is 1. The summed E-state index contributed by atoms with van der Waals surface area (Å²) < 4.78 is 21.0. The van der Waals surface area contributed by atoms with Crippen molar-refractivity contribution in [3.63, 3.8) is 0 Å². The second-order valence-corrected chi connectivity index (χ2v) is 6.11. The maximum atomic E-state index is 14.2. The first-order chi connectivity index (χ1) is 12.6.